The van der Waals surface area contributed by atoms with E-state index in [1.165, 1.54) is 11.8 Å². The highest BCUT2D eigenvalue weighted by Crippen LogP contribution is 2.43. The number of rotatable bonds is 6. The van der Waals surface area contributed by atoms with Crippen molar-refractivity contribution in [2.45, 2.75) is 38.7 Å². The Kier molecular flexibility index (Phi) is 6.13. The molecule has 0 aromatic heterocycles. The Bertz CT molecular complexity index is 1050. The summed E-state index contributed by atoms with van der Waals surface area (Å²) < 4.78 is 11.2. The molecule has 4 rings (SSSR count). The summed E-state index contributed by atoms with van der Waals surface area (Å²) in [5.74, 6) is 0.198. The third kappa shape index (κ3) is 4.23. The van der Waals surface area contributed by atoms with Crippen LogP contribution in [-0.4, -0.2) is 33.8 Å². The Morgan fingerprint density at radius 1 is 1.13 bits per heavy atom. The number of aliphatic imine (C=N–C) groups is 1. The van der Waals surface area contributed by atoms with Crippen LogP contribution in [0.2, 0.25) is 0 Å². The molecule has 0 aliphatic carbocycles. The largest absolute Gasteiger partial charge is 0.494 e. The van der Waals surface area contributed by atoms with Gasteiger partial charge >= 0.3 is 5.97 Å². The fraction of sp³-hybridized carbons (Fsp3) is 0.292. The van der Waals surface area contributed by atoms with Crippen LogP contribution in [-0.2, 0) is 20.9 Å². The highest BCUT2D eigenvalue weighted by atomic mass is 32.2. The zero-order chi connectivity index (χ0) is 22.0. The van der Waals surface area contributed by atoms with Gasteiger partial charge < -0.3 is 9.47 Å². The second kappa shape index (κ2) is 8.98. The molecule has 2 aromatic carbocycles. The lowest BCUT2D eigenvalue weighted by atomic mass is 9.94. The molecule has 2 heterocycles. The van der Waals surface area contributed by atoms with Gasteiger partial charge in [-0.15, -0.1) is 0 Å². The average molecular weight is 437 g/mol. The smallest absolute Gasteiger partial charge is 0.338 e. The minimum absolute atomic E-state index is 0.0662. The average Bonchev–Trinajstić information content (AvgIpc) is 3.05. The number of allylic oxidation sites excluding steroid dienone is 1. The van der Waals surface area contributed by atoms with E-state index in [1.807, 2.05) is 68.4 Å². The molecule has 31 heavy (non-hydrogen) atoms. The second-order valence-corrected chi connectivity index (χ2v) is 8.64. The number of fused-ring (bicyclic) bond motifs is 1. The molecule has 0 bridgehead atoms. The first kappa shape index (κ1) is 21.2. The first-order chi connectivity index (χ1) is 15.0. The van der Waals surface area contributed by atoms with Crippen molar-refractivity contribution in [1.29, 1.82) is 0 Å². The summed E-state index contributed by atoms with van der Waals surface area (Å²) >= 11 is 1.41. The molecule has 0 N–H and O–H groups in total. The summed E-state index contributed by atoms with van der Waals surface area (Å²) in [6.45, 7) is 6.29. The van der Waals surface area contributed by atoms with Gasteiger partial charge in [0.25, 0.3) is 0 Å². The Labute approximate surface area is 185 Å². The van der Waals surface area contributed by atoms with Crippen LogP contribution >= 0.6 is 11.8 Å². The van der Waals surface area contributed by atoms with Crippen LogP contribution in [0.1, 0.15) is 37.9 Å². The first-order valence-corrected chi connectivity index (χ1v) is 11.1. The van der Waals surface area contributed by atoms with Crippen LogP contribution < -0.4 is 4.74 Å². The molecule has 2 atom stereocenters. The van der Waals surface area contributed by atoms with Gasteiger partial charge in [-0.3, -0.25) is 9.69 Å². The van der Waals surface area contributed by atoms with Crippen molar-refractivity contribution < 1.29 is 19.1 Å². The number of hydrogen-bond donors (Lipinski definition) is 0. The van der Waals surface area contributed by atoms with Gasteiger partial charge in [0, 0.05) is 0 Å². The van der Waals surface area contributed by atoms with E-state index in [1.54, 1.807) is 11.8 Å². The number of esters is 1. The molecule has 1 saturated heterocycles. The lowest BCUT2D eigenvalue weighted by Crippen LogP contribution is -2.40. The Hall–Kier alpha value is -3.06. The maximum Gasteiger partial charge on any atom is 0.338 e. The molecule has 7 heteroatoms. The normalized spacial score (nSPS) is 20.4. The van der Waals surface area contributed by atoms with Crippen LogP contribution in [0.4, 0.5) is 0 Å². The van der Waals surface area contributed by atoms with E-state index in [0.717, 1.165) is 16.9 Å². The molecule has 160 valence electrons. The predicted octanol–water partition coefficient (Wildman–Crippen LogP) is 4.48. The predicted molar refractivity (Wildman–Crippen MR) is 121 cm³/mol. The number of amidine groups is 1. The Balaban J connectivity index is 1.69. The number of carbonyl (C=O) groups is 2. The van der Waals surface area contributed by atoms with Crippen molar-refractivity contribution in [3.63, 3.8) is 0 Å². The summed E-state index contributed by atoms with van der Waals surface area (Å²) in [5, 5.41) is 0.366. The Morgan fingerprint density at radius 2 is 1.84 bits per heavy atom. The highest BCUT2D eigenvalue weighted by Gasteiger charge is 2.46. The number of amides is 1. The zero-order valence-electron chi connectivity index (χ0n) is 17.7. The lowest BCUT2D eigenvalue weighted by molar-refractivity contribution is -0.141. The number of nitrogens with zero attached hydrogens (tertiary/aromatic N) is 2. The summed E-state index contributed by atoms with van der Waals surface area (Å²) in [6, 6.07) is 16.4. The minimum Gasteiger partial charge on any atom is -0.494 e. The molecule has 2 aromatic rings. The number of ether oxygens (including phenoxy) is 2. The van der Waals surface area contributed by atoms with Gasteiger partial charge in [0.2, 0.25) is 5.91 Å². The van der Waals surface area contributed by atoms with E-state index >= 15 is 0 Å². The molecule has 0 radical (unpaired) electrons. The van der Waals surface area contributed by atoms with E-state index < -0.39 is 12.0 Å². The van der Waals surface area contributed by atoms with Crippen molar-refractivity contribution in [2.24, 2.45) is 4.99 Å². The van der Waals surface area contributed by atoms with Crippen molar-refractivity contribution >= 4 is 28.8 Å². The molecule has 6 nitrogen and oxygen atoms in total. The molecule has 1 amide bonds. The number of carbonyl (C=O) groups excluding carboxylic acids is 2. The first-order valence-electron chi connectivity index (χ1n) is 10.2. The topological polar surface area (TPSA) is 68.2 Å². The van der Waals surface area contributed by atoms with Crippen LogP contribution in [0.5, 0.6) is 5.75 Å². The van der Waals surface area contributed by atoms with Crippen molar-refractivity contribution in [1.82, 2.24) is 4.90 Å². The van der Waals surface area contributed by atoms with Gasteiger partial charge in [0.15, 0.2) is 5.17 Å². The molecule has 0 saturated carbocycles. The molecular formula is C24H24N2O4S. The molecule has 0 unspecified atom stereocenters. The van der Waals surface area contributed by atoms with E-state index in [4.69, 9.17) is 9.47 Å². The number of thioether (sulfide) groups is 1. The van der Waals surface area contributed by atoms with E-state index in [9.17, 15) is 9.59 Å². The third-order valence-corrected chi connectivity index (χ3v) is 6.25. The fourth-order valence-electron chi connectivity index (χ4n) is 3.69. The maximum absolute atomic E-state index is 13.2. The monoisotopic (exact) mass is 436 g/mol. The summed E-state index contributed by atoms with van der Waals surface area (Å²) in [6.07, 6.45) is 0. The summed E-state index contributed by atoms with van der Waals surface area (Å²) in [7, 11) is 0. The second-order valence-electron chi connectivity index (χ2n) is 7.33. The van der Waals surface area contributed by atoms with Gasteiger partial charge in [-0.05, 0) is 44.0 Å². The molecule has 2 aliphatic heterocycles. The summed E-state index contributed by atoms with van der Waals surface area (Å²) in [4.78, 5) is 32.4. The van der Waals surface area contributed by atoms with E-state index in [2.05, 4.69) is 4.99 Å². The Morgan fingerprint density at radius 3 is 2.52 bits per heavy atom. The van der Waals surface area contributed by atoms with Gasteiger partial charge in [0.1, 0.15) is 12.4 Å². The van der Waals surface area contributed by atoms with Crippen molar-refractivity contribution in [3.8, 4) is 5.75 Å². The van der Waals surface area contributed by atoms with Gasteiger partial charge in [-0.2, -0.15) is 0 Å². The molecule has 0 spiro atoms. The molecule has 1 fully saturated rings. The van der Waals surface area contributed by atoms with Gasteiger partial charge in [0.05, 0.1) is 29.2 Å². The van der Waals surface area contributed by atoms with Crippen LogP contribution in [0, 0.1) is 0 Å². The van der Waals surface area contributed by atoms with Gasteiger partial charge in [-0.25, -0.2) is 9.79 Å². The quantitative estimate of drug-likeness (QED) is 0.625. The maximum atomic E-state index is 13.2. The SMILES string of the molecule is CCOc1ccc([C@@H]2C(C(=O)OCc3ccccc3)=C(C)N=C3S[C@@H](C)C(=O)N32)cc1. The third-order valence-electron chi connectivity index (χ3n) is 5.20. The number of benzene rings is 2. The minimum atomic E-state index is -0.587. The van der Waals surface area contributed by atoms with E-state index in [-0.39, 0.29) is 17.8 Å². The zero-order valence-corrected chi connectivity index (χ0v) is 18.5. The molecular weight excluding hydrogens is 412 g/mol. The highest BCUT2D eigenvalue weighted by molar-refractivity contribution is 8.15. The molecule has 2 aliphatic rings. The lowest BCUT2D eigenvalue weighted by Gasteiger charge is -2.33. The van der Waals surface area contributed by atoms with Crippen molar-refractivity contribution in [3.05, 3.63) is 77.0 Å². The van der Waals surface area contributed by atoms with Crippen LogP contribution in [0.15, 0.2) is 70.9 Å². The van der Waals surface area contributed by atoms with Crippen molar-refractivity contribution in [2.75, 3.05) is 6.61 Å². The van der Waals surface area contributed by atoms with Gasteiger partial charge in [-0.1, -0.05) is 54.2 Å². The van der Waals surface area contributed by atoms with Crippen LogP contribution in [0.3, 0.4) is 0 Å². The number of hydrogen-bond acceptors (Lipinski definition) is 6. The standard InChI is InChI=1S/C24H24N2O4S/c1-4-29-19-12-10-18(11-13-19)21-20(23(28)30-14-17-8-6-5-7-9-17)15(2)25-24-26(21)22(27)16(3)31-24/h5-13,16,21H,4,14H2,1-3H3/t16-,21+/m0/s1. The van der Waals surface area contributed by atoms with Crippen LogP contribution in [0.25, 0.3) is 0 Å². The summed E-state index contributed by atoms with van der Waals surface area (Å²) in [5.41, 5.74) is 2.66. The fourth-order valence-corrected chi connectivity index (χ4v) is 4.72. The van der Waals surface area contributed by atoms with E-state index in [0.29, 0.717) is 23.0 Å².